The fraction of sp³-hybridized carbons (Fsp3) is 0.700. The van der Waals surface area contributed by atoms with Crippen LogP contribution in [0.5, 0.6) is 0 Å². The van der Waals surface area contributed by atoms with Crippen LogP contribution in [0.3, 0.4) is 0 Å². The lowest BCUT2D eigenvalue weighted by molar-refractivity contribution is -0.128. The molecule has 1 amide bonds. The van der Waals surface area contributed by atoms with Crippen molar-refractivity contribution in [3.05, 3.63) is 12.7 Å². The molecule has 0 aliphatic carbocycles. The Morgan fingerprint density at radius 2 is 2.12 bits per heavy atom. The van der Waals surface area contributed by atoms with Crippen LogP contribution in [-0.2, 0) is 14.8 Å². The first-order chi connectivity index (χ1) is 7.43. The average molecular weight is 248 g/mol. The summed E-state index contributed by atoms with van der Waals surface area (Å²) in [6.45, 7) is 7.84. The second-order valence-corrected chi connectivity index (χ2v) is 5.39. The van der Waals surface area contributed by atoms with E-state index in [1.807, 2.05) is 0 Å². The summed E-state index contributed by atoms with van der Waals surface area (Å²) < 4.78 is 25.1. The highest BCUT2D eigenvalue weighted by Crippen LogP contribution is 1.91. The molecule has 0 fully saturated rings. The quantitative estimate of drug-likeness (QED) is 0.630. The topological polar surface area (TPSA) is 66.5 Å². The Labute approximate surface area is 97.6 Å². The second-order valence-electron chi connectivity index (χ2n) is 3.47. The predicted octanol–water partition coefficient (Wildman–Crippen LogP) is 0.350. The summed E-state index contributed by atoms with van der Waals surface area (Å²) >= 11 is 0. The number of hydrogen-bond donors (Lipinski definition) is 1. The molecule has 0 aromatic rings. The molecule has 0 aliphatic heterocycles. The first-order valence-corrected chi connectivity index (χ1v) is 6.92. The summed E-state index contributed by atoms with van der Waals surface area (Å²) in [6, 6.07) is 0. The van der Waals surface area contributed by atoms with E-state index in [1.54, 1.807) is 13.0 Å². The first kappa shape index (κ1) is 15.1. The number of sulfonamides is 1. The van der Waals surface area contributed by atoms with Gasteiger partial charge in [0.15, 0.2) is 0 Å². The van der Waals surface area contributed by atoms with Gasteiger partial charge in [0, 0.05) is 26.6 Å². The van der Waals surface area contributed by atoms with Crippen LogP contribution in [0.1, 0.15) is 20.3 Å². The predicted molar refractivity (Wildman–Crippen MR) is 64.5 cm³/mol. The molecule has 0 heterocycles. The van der Waals surface area contributed by atoms with E-state index in [-0.39, 0.29) is 18.2 Å². The van der Waals surface area contributed by atoms with Gasteiger partial charge in [0.2, 0.25) is 15.9 Å². The lowest BCUT2D eigenvalue weighted by atomic mass is 10.4. The smallest absolute Gasteiger partial charge is 0.219 e. The lowest BCUT2D eigenvalue weighted by Crippen LogP contribution is -2.38. The Balaban J connectivity index is 4.04. The normalized spacial score (nSPS) is 11.1. The Bertz CT molecular complexity index is 325. The van der Waals surface area contributed by atoms with Gasteiger partial charge < -0.3 is 4.90 Å². The van der Waals surface area contributed by atoms with Crippen LogP contribution in [0.2, 0.25) is 0 Å². The Morgan fingerprint density at radius 3 is 2.56 bits per heavy atom. The van der Waals surface area contributed by atoms with Crippen molar-refractivity contribution in [3.8, 4) is 0 Å². The highest BCUT2D eigenvalue weighted by atomic mass is 32.2. The van der Waals surface area contributed by atoms with Crippen molar-refractivity contribution >= 4 is 15.9 Å². The van der Waals surface area contributed by atoms with Crippen LogP contribution in [0.15, 0.2) is 12.7 Å². The van der Waals surface area contributed by atoms with Gasteiger partial charge in [-0.05, 0) is 6.42 Å². The lowest BCUT2D eigenvalue weighted by Gasteiger charge is -2.19. The zero-order valence-corrected chi connectivity index (χ0v) is 10.7. The third kappa shape index (κ3) is 6.58. The minimum absolute atomic E-state index is 0.0883. The number of carbonyl (C=O) groups excluding carboxylic acids is 1. The van der Waals surface area contributed by atoms with Crippen molar-refractivity contribution in [2.75, 3.05) is 25.4 Å². The zero-order valence-electron chi connectivity index (χ0n) is 9.90. The molecule has 0 saturated heterocycles. The van der Waals surface area contributed by atoms with E-state index in [2.05, 4.69) is 11.3 Å². The first-order valence-electron chi connectivity index (χ1n) is 5.26. The maximum Gasteiger partial charge on any atom is 0.219 e. The minimum atomic E-state index is -3.18. The molecule has 0 saturated carbocycles. The van der Waals surface area contributed by atoms with Gasteiger partial charge in [0.05, 0.1) is 5.75 Å². The Morgan fingerprint density at radius 1 is 1.50 bits per heavy atom. The molecule has 5 nitrogen and oxygen atoms in total. The van der Waals surface area contributed by atoms with E-state index in [4.69, 9.17) is 0 Å². The van der Waals surface area contributed by atoms with E-state index >= 15 is 0 Å². The number of nitrogens with one attached hydrogen (secondary N) is 1. The van der Waals surface area contributed by atoms with E-state index in [0.29, 0.717) is 19.5 Å². The van der Waals surface area contributed by atoms with Gasteiger partial charge in [-0.1, -0.05) is 13.0 Å². The summed E-state index contributed by atoms with van der Waals surface area (Å²) in [4.78, 5) is 12.6. The van der Waals surface area contributed by atoms with Gasteiger partial charge >= 0.3 is 0 Å². The highest BCUT2D eigenvalue weighted by molar-refractivity contribution is 7.89. The van der Waals surface area contributed by atoms with Crippen LogP contribution in [-0.4, -0.2) is 44.6 Å². The molecular weight excluding hydrogens is 228 g/mol. The number of carbonyl (C=O) groups is 1. The largest absolute Gasteiger partial charge is 0.338 e. The minimum Gasteiger partial charge on any atom is -0.338 e. The SMILES string of the molecule is C=CCN(CCNS(=O)(=O)CCC)C(C)=O. The molecule has 1 N–H and O–H groups in total. The fourth-order valence-electron chi connectivity index (χ4n) is 1.21. The molecule has 6 heteroatoms. The Hall–Kier alpha value is -0.880. The maximum absolute atomic E-state index is 11.3. The fourth-order valence-corrected chi connectivity index (χ4v) is 2.29. The third-order valence-corrected chi connectivity index (χ3v) is 3.56. The molecule has 0 atom stereocenters. The van der Waals surface area contributed by atoms with Crippen molar-refractivity contribution in [1.29, 1.82) is 0 Å². The van der Waals surface area contributed by atoms with E-state index in [0.717, 1.165) is 0 Å². The third-order valence-electron chi connectivity index (χ3n) is 1.97. The number of hydrogen-bond acceptors (Lipinski definition) is 3. The van der Waals surface area contributed by atoms with Gasteiger partial charge in [-0.25, -0.2) is 13.1 Å². The van der Waals surface area contributed by atoms with Crippen LogP contribution >= 0.6 is 0 Å². The molecule has 0 spiro atoms. The standard InChI is InChI=1S/C10H20N2O3S/c1-4-7-12(10(3)13)8-6-11-16(14,15)9-5-2/h4,11H,1,5-9H2,2-3H3. The van der Waals surface area contributed by atoms with Crippen molar-refractivity contribution in [3.63, 3.8) is 0 Å². The van der Waals surface area contributed by atoms with Gasteiger partial charge in [0.1, 0.15) is 0 Å². The maximum atomic E-state index is 11.3. The van der Waals surface area contributed by atoms with Gasteiger partial charge in [-0.3, -0.25) is 4.79 Å². The molecule has 16 heavy (non-hydrogen) atoms. The van der Waals surface area contributed by atoms with Gasteiger partial charge in [-0.2, -0.15) is 0 Å². The summed E-state index contributed by atoms with van der Waals surface area (Å²) in [5, 5.41) is 0. The van der Waals surface area contributed by atoms with Crippen molar-refractivity contribution in [2.24, 2.45) is 0 Å². The van der Waals surface area contributed by atoms with Gasteiger partial charge in [0.25, 0.3) is 0 Å². The van der Waals surface area contributed by atoms with E-state index in [9.17, 15) is 13.2 Å². The van der Waals surface area contributed by atoms with Crippen molar-refractivity contribution in [2.45, 2.75) is 20.3 Å². The summed E-state index contributed by atoms with van der Waals surface area (Å²) in [5.74, 6) is 0.0312. The summed E-state index contributed by atoms with van der Waals surface area (Å²) in [6.07, 6.45) is 2.19. The van der Waals surface area contributed by atoms with Crippen LogP contribution < -0.4 is 4.72 Å². The molecular formula is C10H20N2O3S. The molecule has 0 aliphatic rings. The van der Waals surface area contributed by atoms with E-state index in [1.165, 1.54) is 11.8 Å². The molecule has 0 aromatic carbocycles. The number of rotatable bonds is 8. The molecule has 0 unspecified atom stereocenters. The monoisotopic (exact) mass is 248 g/mol. The van der Waals surface area contributed by atoms with Crippen molar-refractivity contribution in [1.82, 2.24) is 9.62 Å². The molecule has 0 bridgehead atoms. The molecule has 0 rings (SSSR count). The summed E-state index contributed by atoms with van der Waals surface area (Å²) in [5.41, 5.74) is 0. The van der Waals surface area contributed by atoms with Crippen LogP contribution in [0, 0.1) is 0 Å². The number of amides is 1. The van der Waals surface area contributed by atoms with Crippen molar-refractivity contribution < 1.29 is 13.2 Å². The second kappa shape index (κ2) is 7.40. The molecule has 0 radical (unpaired) electrons. The average Bonchev–Trinajstić information content (AvgIpc) is 2.15. The molecule has 0 aromatic heterocycles. The van der Waals surface area contributed by atoms with Crippen LogP contribution in [0.4, 0.5) is 0 Å². The highest BCUT2D eigenvalue weighted by Gasteiger charge is 2.10. The zero-order chi connectivity index (χ0) is 12.6. The molecule has 94 valence electrons. The van der Waals surface area contributed by atoms with E-state index < -0.39 is 10.0 Å². The number of nitrogens with zero attached hydrogens (tertiary/aromatic N) is 1. The van der Waals surface area contributed by atoms with Gasteiger partial charge in [-0.15, -0.1) is 6.58 Å². The van der Waals surface area contributed by atoms with Crippen LogP contribution in [0.25, 0.3) is 0 Å². The Kier molecular flexibility index (Phi) is 7.00. The summed E-state index contributed by atoms with van der Waals surface area (Å²) in [7, 11) is -3.18.